The van der Waals surface area contributed by atoms with Gasteiger partial charge in [0.05, 0.1) is 0 Å². The van der Waals surface area contributed by atoms with Gasteiger partial charge in [0.2, 0.25) is 6.79 Å². The zero-order valence-electron chi connectivity index (χ0n) is 13.9. The molecule has 0 atom stereocenters. The van der Waals surface area contributed by atoms with Gasteiger partial charge < -0.3 is 9.47 Å². The van der Waals surface area contributed by atoms with E-state index in [2.05, 4.69) is 10.3 Å². The first-order valence-corrected chi connectivity index (χ1v) is 8.81. The molecule has 4 rings (SSSR count). The molecule has 0 fully saturated rings. The maximum Gasteiger partial charge on any atom is 0.257 e. The summed E-state index contributed by atoms with van der Waals surface area (Å²) in [5.74, 6) is 0.691. The zero-order chi connectivity index (χ0) is 18.1. The molecule has 1 N–H and O–H groups in total. The first-order chi connectivity index (χ1) is 12.6. The normalized spacial score (nSPS) is 12.2. The van der Waals surface area contributed by atoms with Crippen LogP contribution < -0.4 is 14.8 Å². The van der Waals surface area contributed by atoms with E-state index < -0.39 is 0 Å². The molecule has 7 heteroatoms. The lowest BCUT2D eigenvalue weighted by Crippen LogP contribution is -2.11. The van der Waals surface area contributed by atoms with Crippen molar-refractivity contribution in [2.45, 2.75) is 13.3 Å². The third-order valence-electron chi connectivity index (χ3n) is 4.02. The molecule has 26 heavy (non-hydrogen) atoms. The van der Waals surface area contributed by atoms with E-state index in [0.29, 0.717) is 34.2 Å². The molecule has 2 heterocycles. The number of ether oxygens (including phenoxy) is 2. The fraction of sp³-hybridized carbons (Fsp3) is 0.158. The fourth-order valence-electron chi connectivity index (χ4n) is 2.60. The van der Waals surface area contributed by atoms with Crippen molar-refractivity contribution in [3.05, 3.63) is 70.0 Å². The minimum absolute atomic E-state index is 0.163. The van der Waals surface area contributed by atoms with Crippen LogP contribution in [0.4, 0.5) is 9.52 Å². The molecule has 1 aliphatic rings. The van der Waals surface area contributed by atoms with E-state index in [1.807, 2.05) is 6.07 Å². The lowest BCUT2D eigenvalue weighted by atomic mass is 10.1. The Morgan fingerprint density at radius 1 is 1.23 bits per heavy atom. The lowest BCUT2D eigenvalue weighted by Gasteiger charge is -2.03. The van der Waals surface area contributed by atoms with Crippen LogP contribution in [0, 0.1) is 12.7 Å². The van der Waals surface area contributed by atoms with Crippen LogP contribution in [-0.4, -0.2) is 17.7 Å². The maximum atomic E-state index is 13.7. The predicted octanol–water partition coefficient (Wildman–Crippen LogP) is 4.16. The van der Waals surface area contributed by atoms with Crippen molar-refractivity contribution in [3.8, 4) is 11.5 Å². The third kappa shape index (κ3) is 3.39. The van der Waals surface area contributed by atoms with Gasteiger partial charge in [0, 0.05) is 23.1 Å². The minimum atomic E-state index is -0.273. The number of rotatable bonds is 4. The van der Waals surface area contributed by atoms with Crippen molar-refractivity contribution >= 4 is 22.4 Å². The van der Waals surface area contributed by atoms with E-state index in [1.165, 1.54) is 17.4 Å². The number of carbonyl (C=O) groups excluding carboxylic acids is 1. The number of fused-ring (bicyclic) bond motifs is 1. The van der Waals surface area contributed by atoms with Gasteiger partial charge >= 0.3 is 0 Å². The van der Waals surface area contributed by atoms with E-state index in [1.54, 1.807) is 37.4 Å². The Morgan fingerprint density at radius 2 is 2.08 bits per heavy atom. The molecule has 132 valence electrons. The monoisotopic (exact) mass is 370 g/mol. The summed E-state index contributed by atoms with van der Waals surface area (Å²) < 4.78 is 24.2. The van der Waals surface area contributed by atoms with Crippen molar-refractivity contribution in [1.29, 1.82) is 0 Å². The van der Waals surface area contributed by atoms with Crippen LogP contribution in [0.1, 0.15) is 26.4 Å². The number of carbonyl (C=O) groups is 1. The molecule has 0 radical (unpaired) electrons. The molecular formula is C19H15FN2O3S. The molecule has 5 nitrogen and oxygen atoms in total. The number of hydrogen-bond acceptors (Lipinski definition) is 5. The van der Waals surface area contributed by atoms with Crippen LogP contribution in [-0.2, 0) is 6.42 Å². The van der Waals surface area contributed by atoms with Crippen molar-refractivity contribution in [1.82, 2.24) is 4.98 Å². The van der Waals surface area contributed by atoms with Crippen molar-refractivity contribution < 1.29 is 18.7 Å². The van der Waals surface area contributed by atoms with Crippen LogP contribution in [0.3, 0.4) is 0 Å². The van der Waals surface area contributed by atoms with Gasteiger partial charge in [-0.05, 0) is 42.3 Å². The summed E-state index contributed by atoms with van der Waals surface area (Å²) in [6.45, 7) is 1.89. The summed E-state index contributed by atoms with van der Waals surface area (Å²) in [4.78, 5) is 17.5. The molecule has 1 amide bonds. The second-order valence-electron chi connectivity index (χ2n) is 5.91. The Morgan fingerprint density at radius 3 is 2.92 bits per heavy atom. The molecule has 0 unspecified atom stereocenters. The molecule has 0 spiro atoms. The maximum absolute atomic E-state index is 13.7. The Kier molecular flexibility index (Phi) is 4.30. The first-order valence-electron chi connectivity index (χ1n) is 7.99. The highest BCUT2D eigenvalue weighted by atomic mass is 32.1. The van der Waals surface area contributed by atoms with Gasteiger partial charge in [0.25, 0.3) is 5.91 Å². The molecule has 2 aromatic carbocycles. The molecule has 0 saturated heterocycles. The van der Waals surface area contributed by atoms with Gasteiger partial charge in [0.1, 0.15) is 5.82 Å². The van der Waals surface area contributed by atoms with Crippen LogP contribution in [0.5, 0.6) is 11.5 Å². The average molecular weight is 370 g/mol. The van der Waals surface area contributed by atoms with E-state index in [9.17, 15) is 9.18 Å². The fourth-order valence-corrected chi connectivity index (χ4v) is 3.44. The number of halogens is 1. The smallest absolute Gasteiger partial charge is 0.257 e. The number of nitrogens with zero attached hydrogens (tertiary/aromatic N) is 1. The van der Waals surface area contributed by atoms with Crippen LogP contribution in [0.15, 0.2) is 42.6 Å². The number of nitrogens with one attached hydrogen (secondary N) is 1. The molecule has 0 aliphatic carbocycles. The highest BCUT2D eigenvalue weighted by molar-refractivity contribution is 7.15. The van der Waals surface area contributed by atoms with Gasteiger partial charge in [0.15, 0.2) is 16.6 Å². The lowest BCUT2D eigenvalue weighted by molar-refractivity contribution is 0.102. The third-order valence-corrected chi connectivity index (χ3v) is 4.94. The van der Waals surface area contributed by atoms with Gasteiger partial charge in [-0.15, -0.1) is 11.3 Å². The van der Waals surface area contributed by atoms with Crippen molar-refractivity contribution in [2.75, 3.05) is 12.1 Å². The van der Waals surface area contributed by atoms with Gasteiger partial charge in [-0.25, -0.2) is 9.37 Å². The summed E-state index contributed by atoms with van der Waals surface area (Å²) in [7, 11) is 0. The largest absolute Gasteiger partial charge is 0.454 e. The topological polar surface area (TPSA) is 60.5 Å². The predicted molar refractivity (Wildman–Crippen MR) is 96.6 cm³/mol. The average Bonchev–Trinajstić information content (AvgIpc) is 3.26. The number of benzene rings is 2. The quantitative estimate of drug-likeness (QED) is 0.749. The Hall–Kier alpha value is -2.93. The summed E-state index contributed by atoms with van der Waals surface area (Å²) in [5.41, 5.74) is 1.95. The molecule has 0 saturated carbocycles. The number of thiazole rings is 1. The SMILES string of the molecule is Cc1ccc(Cc2cnc(NC(=O)c3ccc4c(c3)OCO4)s2)cc1F. The van der Waals surface area contributed by atoms with Crippen LogP contribution in [0.2, 0.25) is 0 Å². The first kappa shape index (κ1) is 16.5. The van der Waals surface area contributed by atoms with Gasteiger partial charge in [-0.1, -0.05) is 12.1 Å². The van der Waals surface area contributed by atoms with Gasteiger partial charge in [-0.2, -0.15) is 0 Å². The van der Waals surface area contributed by atoms with E-state index in [4.69, 9.17) is 9.47 Å². The molecule has 1 aliphatic heterocycles. The zero-order valence-corrected chi connectivity index (χ0v) is 14.7. The summed E-state index contributed by atoms with van der Waals surface area (Å²) in [6, 6.07) is 10.2. The number of aryl methyl sites for hydroxylation is 1. The second-order valence-corrected chi connectivity index (χ2v) is 7.03. The molecule has 3 aromatic rings. The minimum Gasteiger partial charge on any atom is -0.454 e. The Balaban J connectivity index is 1.44. The van der Waals surface area contributed by atoms with Crippen LogP contribution in [0.25, 0.3) is 0 Å². The van der Waals surface area contributed by atoms with E-state index >= 15 is 0 Å². The summed E-state index contributed by atoms with van der Waals surface area (Å²) in [6.07, 6.45) is 2.26. The number of aromatic nitrogens is 1. The molecule has 0 bridgehead atoms. The van der Waals surface area contributed by atoms with E-state index in [0.717, 1.165) is 10.4 Å². The standard InChI is InChI=1S/C19H15FN2O3S/c1-11-2-3-12(7-15(11)20)6-14-9-21-19(26-14)22-18(23)13-4-5-16-17(8-13)25-10-24-16/h2-5,7-9H,6,10H2,1H3,(H,21,22,23). The highest BCUT2D eigenvalue weighted by Gasteiger charge is 2.17. The Labute approximate surface area is 153 Å². The molecular weight excluding hydrogens is 355 g/mol. The van der Waals surface area contributed by atoms with Crippen molar-refractivity contribution in [3.63, 3.8) is 0 Å². The summed E-state index contributed by atoms with van der Waals surface area (Å²) in [5, 5.41) is 3.27. The second kappa shape index (κ2) is 6.76. The molecule has 1 aromatic heterocycles. The number of amides is 1. The highest BCUT2D eigenvalue weighted by Crippen LogP contribution is 2.32. The van der Waals surface area contributed by atoms with Crippen LogP contribution >= 0.6 is 11.3 Å². The Bertz CT molecular complexity index is 987. The van der Waals surface area contributed by atoms with E-state index in [-0.39, 0.29) is 18.5 Å². The summed E-state index contributed by atoms with van der Waals surface area (Å²) >= 11 is 1.36. The van der Waals surface area contributed by atoms with Crippen molar-refractivity contribution in [2.24, 2.45) is 0 Å². The number of hydrogen-bond donors (Lipinski definition) is 1. The number of anilines is 1. The van der Waals surface area contributed by atoms with Gasteiger partial charge in [-0.3, -0.25) is 10.1 Å².